The fourth-order valence-electron chi connectivity index (χ4n) is 13.6. The Morgan fingerprint density at radius 2 is 0.813 bits per heavy atom. The van der Waals surface area contributed by atoms with Crippen molar-refractivity contribution in [3.05, 3.63) is 317 Å². The van der Waals surface area contributed by atoms with Crippen LogP contribution in [0, 0.1) is 0 Å². The average molecular weight is 972 g/mol. The van der Waals surface area contributed by atoms with Gasteiger partial charge >= 0.3 is 0 Å². The maximum Gasteiger partial charge on any atom is 0.132 e. The monoisotopic (exact) mass is 971 g/mol. The van der Waals surface area contributed by atoms with Crippen molar-refractivity contribution in [1.29, 1.82) is 0 Å². The highest BCUT2D eigenvalue weighted by Crippen LogP contribution is 2.65. The summed E-state index contributed by atoms with van der Waals surface area (Å²) in [6, 6.07) is 102. The van der Waals surface area contributed by atoms with Crippen molar-refractivity contribution in [3.63, 3.8) is 0 Å². The quantitative estimate of drug-likeness (QED) is 0.171. The zero-order chi connectivity index (χ0) is 49.2. The molecule has 0 radical (unpaired) electrons. The number of benzene rings is 12. The minimum atomic E-state index is -0.631. The molecule has 2 nitrogen and oxygen atoms in total. The highest BCUT2D eigenvalue weighted by Gasteiger charge is 2.53. The van der Waals surface area contributed by atoms with E-state index >= 15 is 0 Å². The van der Waals surface area contributed by atoms with E-state index in [1.807, 2.05) is 11.8 Å². The van der Waals surface area contributed by atoms with E-state index in [0.717, 1.165) is 50.8 Å². The summed E-state index contributed by atoms with van der Waals surface area (Å²) in [4.78, 5) is 5.12. The molecule has 12 aromatic carbocycles. The molecule has 0 fully saturated rings. The second-order valence-corrected chi connectivity index (χ2v) is 21.3. The summed E-state index contributed by atoms with van der Waals surface area (Å²) >= 11 is 1.89. The number of hydrogen-bond acceptors (Lipinski definition) is 3. The van der Waals surface area contributed by atoms with E-state index in [1.165, 1.54) is 87.3 Å². The first-order chi connectivity index (χ1) is 37.2. The lowest BCUT2D eigenvalue weighted by Crippen LogP contribution is -2.32. The van der Waals surface area contributed by atoms with Crippen LogP contribution in [0.2, 0.25) is 0 Å². The van der Waals surface area contributed by atoms with Gasteiger partial charge in [-0.3, -0.25) is 0 Å². The lowest BCUT2D eigenvalue weighted by atomic mass is 9.66. The van der Waals surface area contributed by atoms with Gasteiger partial charge < -0.3 is 9.64 Å². The minimum absolute atomic E-state index is 0.523. The fourth-order valence-corrected chi connectivity index (χ4v) is 14.8. The van der Waals surface area contributed by atoms with Gasteiger partial charge in [-0.05, 0) is 138 Å². The molecule has 4 aliphatic rings. The van der Waals surface area contributed by atoms with Gasteiger partial charge in [-0.2, -0.15) is 0 Å². The average Bonchev–Trinajstić information content (AvgIpc) is 4.14. The van der Waals surface area contributed by atoms with Crippen molar-refractivity contribution in [2.75, 3.05) is 4.90 Å². The molecule has 2 spiro atoms. The van der Waals surface area contributed by atoms with Crippen LogP contribution in [0.4, 0.5) is 17.1 Å². The van der Waals surface area contributed by atoms with Crippen LogP contribution in [0.25, 0.3) is 55.3 Å². The topological polar surface area (TPSA) is 12.5 Å². The number of fused-ring (bicyclic) bond motifs is 20. The maximum atomic E-state index is 6.79. The van der Waals surface area contributed by atoms with Crippen molar-refractivity contribution >= 4 is 39.6 Å². The predicted octanol–water partition coefficient (Wildman–Crippen LogP) is 18.9. The van der Waals surface area contributed by atoms with Crippen LogP contribution in [-0.2, 0) is 10.8 Å². The molecule has 0 N–H and O–H groups in total. The summed E-state index contributed by atoms with van der Waals surface area (Å²) in [6.07, 6.45) is 0. The van der Waals surface area contributed by atoms with Gasteiger partial charge in [0.25, 0.3) is 0 Å². The van der Waals surface area contributed by atoms with Crippen molar-refractivity contribution in [2.24, 2.45) is 0 Å². The van der Waals surface area contributed by atoms with Gasteiger partial charge in [-0.25, -0.2) is 0 Å². The first kappa shape index (κ1) is 42.4. The second kappa shape index (κ2) is 16.2. The van der Waals surface area contributed by atoms with Gasteiger partial charge in [0.1, 0.15) is 11.5 Å². The van der Waals surface area contributed by atoms with Gasteiger partial charge in [0, 0.05) is 37.9 Å². The number of para-hydroxylation sites is 3. The van der Waals surface area contributed by atoms with Crippen LogP contribution in [0.3, 0.4) is 0 Å². The molecule has 3 heteroatoms. The van der Waals surface area contributed by atoms with Crippen LogP contribution in [0.1, 0.15) is 44.5 Å². The highest BCUT2D eigenvalue weighted by atomic mass is 32.2. The Kier molecular flexibility index (Phi) is 9.14. The molecule has 2 heterocycles. The Bertz CT molecular complexity index is 4230. The van der Waals surface area contributed by atoms with E-state index in [2.05, 4.69) is 278 Å². The molecule has 350 valence electrons. The van der Waals surface area contributed by atoms with Crippen LogP contribution < -0.4 is 9.64 Å². The molecule has 75 heavy (non-hydrogen) atoms. The fraction of sp³-hybridized carbons (Fsp3) is 0.0278. The first-order valence-electron chi connectivity index (χ1n) is 25.9. The molecule has 16 rings (SSSR count). The van der Waals surface area contributed by atoms with Gasteiger partial charge in [-0.1, -0.05) is 230 Å². The molecule has 2 aliphatic heterocycles. The summed E-state index contributed by atoms with van der Waals surface area (Å²) in [5.41, 5.74) is 21.9. The number of hydrogen-bond donors (Lipinski definition) is 0. The third-order valence-electron chi connectivity index (χ3n) is 16.6. The van der Waals surface area contributed by atoms with E-state index in [9.17, 15) is 0 Å². The molecule has 0 saturated heterocycles. The number of nitrogens with zero attached hydrogens (tertiary/aromatic N) is 1. The highest BCUT2D eigenvalue weighted by molar-refractivity contribution is 7.99. The smallest absolute Gasteiger partial charge is 0.132 e. The van der Waals surface area contributed by atoms with Gasteiger partial charge in [0.15, 0.2) is 0 Å². The minimum Gasteiger partial charge on any atom is -0.457 e. The van der Waals surface area contributed by atoms with E-state index < -0.39 is 10.8 Å². The van der Waals surface area contributed by atoms with Crippen LogP contribution in [0.15, 0.2) is 283 Å². The number of anilines is 3. The van der Waals surface area contributed by atoms with E-state index in [4.69, 9.17) is 4.74 Å². The standard InChI is InChI=1S/C72H45NOS/c1-2-18-46(19-3-1)47-34-36-49(37-35-47)52-21-7-13-29-65(52)73(51-39-41-55-54-23-6-8-24-57(54)71(64(55)45-51)59-25-9-14-30-66(59)74-67-31-15-10-26-60(67)71)50-40-43-58-56(44-50)70-53-22-5-4-20-48(53)38-42-63(70)72(58)61-27-11-16-32-68(61)75-69-33-17-12-28-62(69)72/h1-45H. The zero-order valence-electron chi connectivity index (χ0n) is 40.7. The van der Waals surface area contributed by atoms with Crippen LogP contribution in [-0.4, -0.2) is 0 Å². The zero-order valence-corrected chi connectivity index (χ0v) is 41.6. The molecule has 12 aromatic rings. The van der Waals surface area contributed by atoms with E-state index in [-0.39, 0.29) is 0 Å². The Hall–Kier alpha value is -9.15. The van der Waals surface area contributed by atoms with Gasteiger partial charge in [-0.15, -0.1) is 0 Å². The molecule has 2 aliphatic carbocycles. The second-order valence-electron chi connectivity index (χ2n) is 20.2. The van der Waals surface area contributed by atoms with Crippen molar-refractivity contribution in [2.45, 2.75) is 20.6 Å². The third kappa shape index (κ3) is 5.87. The summed E-state index contributed by atoms with van der Waals surface area (Å²) in [5, 5.41) is 2.50. The predicted molar refractivity (Wildman–Crippen MR) is 308 cm³/mol. The summed E-state index contributed by atoms with van der Waals surface area (Å²) in [7, 11) is 0. The van der Waals surface area contributed by atoms with Crippen LogP contribution >= 0.6 is 11.8 Å². The van der Waals surface area contributed by atoms with E-state index in [0.29, 0.717) is 0 Å². The number of ether oxygens (including phenoxy) is 1. The summed E-state index contributed by atoms with van der Waals surface area (Å²) < 4.78 is 6.79. The Morgan fingerprint density at radius 1 is 0.307 bits per heavy atom. The summed E-state index contributed by atoms with van der Waals surface area (Å²) in [5.74, 6) is 1.77. The molecule has 0 aromatic heterocycles. The van der Waals surface area contributed by atoms with Gasteiger partial charge in [0.2, 0.25) is 0 Å². The summed E-state index contributed by atoms with van der Waals surface area (Å²) in [6.45, 7) is 0. The Labute approximate surface area is 440 Å². The normalized spacial score (nSPS) is 14.1. The van der Waals surface area contributed by atoms with Crippen LogP contribution in [0.5, 0.6) is 11.5 Å². The Morgan fingerprint density at radius 3 is 1.56 bits per heavy atom. The Balaban J connectivity index is 0.982. The van der Waals surface area contributed by atoms with Gasteiger partial charge in [0.05, 0.1) is 16.5 Å². The SMILES string of the molecule is c1ccc(-c2ccc(-c3ccccc3N(c3ccc4c(c3)-c3c(ccc5ccccc35)C43c4ccccc4Sc4ccccc43)c3ccc4c(c3)C3(c5ccccc5Oc5ccccc53)c3ccccc3-4)cc2)cc1. The van der Waals surface area contributed by atoms with E-state index in [1.54, 1.807) is 0 Å². The lowest BCUT2D eigenvalue weighted by molar-refractivity contribution is 0.436. The molecular weight excluding hydrogens is 927 g/mol. The maximum absolute atomic E-state index is 6.79. The number of rotatable bonds is 5. The first-order valence-corrected chi connectivity index (χ1v) is 26.7. The van der Waals surface area contributed by atoms with Crippen molar-refractivity contribution < 1.29 is 4.74 Å². The lowest BCUT2D eigenvalue weighted by Gasteiger charge is -2.40. The molecular formula is C72H45NOS. The molecule has 0 unspecified atom stereocenters. The third-order valence-corrected chi connectivity index (χ3v) is 17.8. The molecule has 0 atom stereocenters. The van der Waals surface area contributed by atoms with Crippen molar-refractivity contribution in [1.82, 2.24) is 0 Å². The molecule has 0 bridgehead atoms. The van der Waals surface area contributed by atoms with Crippen molar-refractivity contribution in [3.8, 4) is 56.0 Å². The largest absolute Gasteiger partial charge is 0.457 e. The molecule has 0 amide bonds. The molecule has 0 saturated carbocycles.